The van der Waals surface area contributed by atoms with Crippen LogP contribution in [0.15, 0.2) is 0 Å². The van der Waals surface area contributed by atoms with Crippen LogP contribution in [-0.2, 0) is 186 Å². The molecule has 0 amide bonds. The molecule has 0 aromatic heterocycles. The Bertz CT molecular complexity index is 772. The van der Waals surface area contributed by atoms with Crippen LogP contribution >= 0.6 is 28.6 Å². The van der Waals surface area contributed by atoms with Gasteiger partial charge in [-0.1, -0.05) is 160 Å². The second kappa shape index (κ2) is 122. The molecule has 0 heterocycles. The molecule has 0 atom stereocenters. The Morgan fingerprint density at radius 3 is 0.260 bits per heavy atom. The third kappa shape index (κ3) is 119. The van der Waals surface area contributed by atoms with Crippen LogP contribution in [-0.4, -0.2) is 73.9 Å². The maximum absolute atomic E-state index is 12.5. The second-order valence-electron chi connectivity index (χ2n) is 17.2. The molecule has 472 valence electrons. The Kier molecular flexibility index (Phi) is 262. The minimum atomic E-state index is -1.77. The third-order valence-electron chi connectivity index (χ3n) is 11.0. The normalized spacial score (nSPS) is 8.68. The van der Waals surface area contributed by atoms with Crippen molar-refractivity contribution in [3.05, 3.63) is 0 Å². The van der Waals surface area contributed by atoms with Crippen molar-refractivity contribution in [2.75, 3.05) is 73.9 Å². The summed E-state index contributed by atoms with van der Waals surface area (Å²) in [6.45, 7) is 26.2. The second-order valence-corrected chi connectivity index (χ2v) is 31.0. The molecule has 0 aromatic carbocycles. The quantitative estimate of drug-likeness (QED) is 0.0552. The molecule has 0 radical (unpaired) electrons. The predicted molar refractivity (Wildman–Crippen MR) is 279 cm³/mol. The van der Waals surface area contributed by atoms with Crippen LogP contribution in [0.5, 0.6) is 0 Å². The molecule has 0 saturated heterocycles. The van der Waals surface area contributed by atoms with Gasteiger partial charge in [-0.3, -0.25) is 0 Å². The molecule has 0 saturated carbocycles. The summed E-state index contributed by atoms with van der Waals surface area (Å²) in [5, 5.41) is 0. The SMILES string of the molecule is CCCCP(=O)(CCCC)CCCC.CCCCP(=O)(CCCC)CCCC.CCCCP(=O)(CCCC)CCCC.CCCCP(=O)(CCCC)CCCC.[O-2].[O-2].[O-2].[O-2].[O-2].[O-2].[O-2].[O-2].[O-2].[O-2].[O-2].[O-2].[O-2].[O-2].[O-2].[O-2].[Tc+7].[Tc+7].[Tc+7].[Tc+7].[Th+4]. The smallest absolute Gasteiger partial charge is 2.00 e. The van der Waals surface area contributed by atoms with E-state index in [1.165, 1.54) is 77.0 Å². The van der Waals surface area contributed by atoms with Crippen LogP contribution < -0.4 is 0 Å². The first-order valence-electron chi connectivity index (χ1n) is 25.0. The molecule has 29 heteroatoms. The standard InChI is InChI=1S/4C12H27OP.16O.4Tc.Th/c4*1-4-7-10-14(13,11-8-5-2)12-9-6-3;;;;;;;;;;;;;;;;;;;;;/h4*4-12H2,1-3H3;;;;;;;;;;;;;;;;;;;;;/q;;;;16*-2;4*+7;+4. The van der Waals surface area contributed by atoms with Crippen molar-refractivity contribution in [2.45, 2.75) is 237 Å². The summed E-state index contributed by atoms with van der Waals surface area (Å²) in [5.41, 5.74) is 0. The van der Waals surface area contributed by atoms with E-state index in [2.05, 4.69) is 83.1 Å². The average molecular weight is 1750 g/mol. The van der Waals surface area contributed by atoms with Crippen molar-refractivity contribution in [3.8, 4) is 0 Å². The third-order valence-corrected chi connectivity index (χ3v) is 24.6. The van der Waals surface area contributed by atoms with Gasteiger partial charge >= 0.3 is 120 Å². The minimum absolute atomic E-state index is 0. The zero-order chi connectivity index (χ0) is 43.5. The molecule has 0 bridgehead atoms. The first-order valence-corrected chi connectivity index (χ1v) is 34.1. The van der Waals surface area contributed by atoms with Crippen molar-refractivity contribution >= 4 is 28.6 Å². The maximum Gasteiger partial charge on any atom is 7.00 e. The van der Waals surface area contributed by atoms with Crippen molar-refractivity contribution in [2.24, 2.45) is 0 Å². The zero-order valence-electron chi connectivity index (χ0n) is 49.4. The predicted octanol–water partition coefficient (Wildman–Crippen LogP) is 17.1. The van der Waals surface area contributed by atoms with Crippen LogP contribution in [0.3, 0.4) is 0 Å². The number of hydrogen-bond acceptors (Lipinski definition) is 4. The van der Waals surface area contributed by atoms with Gasteiger partial charge in [0, 0.05) is 73.9 Å². The van der Waals surface area contributed by atoms with Gasteiger partial charge in [0.1, 0.15) is 0 Å². The van der Waals surface area contributed by atoms with Gasteiger partial charge in [0.2, 0.25) is 0 Å². The molecule has 0 N–H and O–H groups in total. The molecule has 0 aliphatic heterocycles. The van der Waals surface area contributed by atoms with E-state index in [9.17, 15) is 18.3 Å². The zero-order valence-corrected chi connectivity index (χ0v) is 64.5. The van der Waals surface area contributed by atoms with E-state index in [0.717, 1.165) is 151 Å². The molecule has 0 fully saturated rings. The van der Waals surface area contributed by atoms with Gasteiger partial charge in [0.25, 0.3) is 0 Å². The van der Waals surface area contributed by atoms with Crippen molar-refractivity contribution in [1.29, 1.82) is 0 Å². The fourth-order valence-corrected chi connectivity index (χ4v) is 20.1. The van der Waals surface area contributed by atoms with Crippen LogP contribution in [0, 0.1) is 39.9 Å². The monoisotopic (exact) mass is 1750 g/mol. The van der Waals surface area contributed by atoms with Gasteiger partial charge in [-0.15, -0.1) is 0 Å². The van der Waals surface area contributed by atoms with E-state index in [1.807, 2.05) is 0 Å². The summed E-state index contributed by atoms with van der Waals surface area (Å²) >= 11 is 0. The van der Waals surface area contributed by atoms with Crippen molar-refractivity contribution in [1.82, 2.24) is 0 Å². The van der Waals surface area contributed by atoms with E-state index >= 15 is 0 Å². The first-order chi connectivity index (χ1) is 26.7. The summed E-state index contributed by atoms with van der Waals surface area (Å²) < 4.78 is 50.0. The fourth-order valence-electron chi connectivity index (χ4n) is 6.70. The van der Waals surface area contributed by atoms with E-state index < -0.39 is 28.6 Å². The van der Waals surface area contributed by atoms with Gasteiger partial charge in [-0.2, -0.15) is 0 Å². The van der Waals surface area contributed by atoms with Crippen molar-refractivity contribution < 1.29 is 226 Å². The van der Waals surface area contributed by atoms with Crippen LogP contribution in [0.2, 0.25) is 0 Å². The molecule has 0 rings (SSSR count). The number of hydrogen-bond donors (Lipinski definition) is 0. The van der Waals surface area contributed by atoms with E-state index in [-0.39, 0.29) is 208 Å². The molecule has 20 nitrogen and oxygen atoms in total. The van der Waals surface area contributed by atoms with Crippen molar-refractivity contribution in [3.63, 3.8) is 0 Å². The summed E-state index contributed by atoms with van der Waals surface area (Å²) in [5.74, 6) is 0. The maximum atomic E-state index is 12.5. The van der Waals surface area contributed by atoms with Gasteiger partial charge in [0.15, 0.2) is 0 Å². The molecule has 0 spiro atoms. The van der Waals surface area contributed by atoms with Gasteiger partial charge < -0.3 is 106 Å². The van der Waals surface area contributed by atoms with E-state index in [1.54, 1.807) is 0 Å². The van der Waals surface area contributed by atoms with Crippen LogP contribution in [0.25, 0.3) is 0 Å². The Balaban J connectivity index is -0.0000000187. The summed E-state index contributed by atoms with van der Waals surface area (Å²) in [6.07, 6.45) is 40.1. The fraction of sp³-hybridized carbons (Fsp3) is 1.00. The first kappa shape index (κ1) is 165. The number of unbranched alkanes of at least 4 members (excludes halogenated alkanes) is 12. The van der Waals surface area contributed by atoms with Gasteiger partial charge in [0.05, 0.1) is 28.6 Å². The molecule has 77 heavy (non-hydrogen) atoms. The largest absolute Gasteiger partial charge is 7.00 e. The Morgan fingerprint density at radius 2 is 0.221 bits per heavy atom. The van der Waals surface area contributed by atoms with E-state index in [4.69, 9.17) is 0 Å². The summed E-state index contributed by atoms with van der Waals surface area (Å²) in [7, 11) is -7.08. The molecule has 0 aliphatic carbocycles. The Hall–Kier alpha value is 4.20. The van der Waals surface area contributed by atoms with Crippen LogP contribution in [0.4, 0.5) is 0 Å². The molecular weight excluding hydrogens is 1640 g/mol. The molecular formula is C48H108O20P4Tc4Th. The molecule has 0 unspecified atom stereocenters. The topological polar surface area (TPSA) is 524 Å². The minimum Gasteiger partial charge on any atom is -2.00 e. The Morgan fingerprint density at radius 1 is 0.169 bits per heavy atom. The van der Waals surface area contributed by atoms with E-state index in [0.29, 0.717) is 0 Å². The Labute approximate surface area is 560 Å². The van der Waals surface area contributed by atoms with Gasteiger partial charge in [-0.25, -0.2) is 0 Å². The molecule has 0 aliphatic rings. The van der Waals surface area contributed by atoms with Gasteiger partial charge in [-0.05, 0) is 77.0 Å². The molecule has 0 aromatic rings. The summed E-state index contributed by atoms with van der Waals surface area (Å²) in [4.78, 5) is 0. The average Bonchev–Trinajstić information content (AvgIpc) is 3.21. The number of rotatable bonds is 36. The van der Waals surface area contributed by atoms with Crippen LogP contribution in [0.1, 0.15) is 237 Å². The summed E-state index contributed by atoms with van der Waals surface area (Å²) in [6, 6.07) is 0.